The van der Waals surface area contributed by atoms with Crippen LogP contribution >= 0.6 is 15.9 Å². The van der Waals surface area contributed by atoms with Crippen LogP contribution in [0.15, 0.2) is 0 Å². The summed E-state index contributed by atoms with van der Waals surface area (Å²) in [5.41, 5.74) is 0. The number of amides is 1. The average molecular weight is 326 g/mol. The minimum atomic E-state index is -3.22. The van der Waals surface area contributed by atoms with Crippen molar-refractivity contribution in [1.29, 1.82) is 0 Å². The van der Waals surface area contributed by atoms with Gasteiger partial charge in [-0.05, 0) is 18.8 Å². The molecule has 1 aliphatic heterocycles. The van der Waals surface area contributed by atoms with E-state index in [1.54, 1.807) is 0 Å². The number of hydrogen-bond donors (Lipinski definition) is 1. The average Bonchev–Trinajstić information content (AvgIpc) is 2.24. The molecule has 0 aromatic carbocycles. The zero-order valence-electron chi connectivity index (χ0n) is 10.3. The Morgan fingerprint density at radius 1 is 1.41 bits per heavy atom. The maximum absolute atomic E-state index is 11.8. The van der Waals surface area contributed by atoms with Crippen LogP contribution in [0.5, 0.6) is 0 Å². The van der Waals surface area contributed by atoms with Crippen molar-refractivity contribution in [2.75, 3.05) is 12.3 Å². The zero-order valence-corrected chi connectivity index (χ0v) is 12.7. The molecule has 0 radical (unpaired) electrons. The molecule has 1 N–H and O–H groups in total. The van der Waals surface area contributed by atoms with Crippen LogP contribution < -0.4 is 5.32 Å². The Morgan fingerprint density at radius 2 is 2.06 bits per heavy atom. The van der Waals surface area contributed by atoms with Crippen molar-refractivity contribution in [2.24, 2.45) is 5.92 Å². The number of nitrogens with one attached hydrogen (secondary N) is 1. The molecule has 1 aliphatic rings. The summed E-state index contributed by atoms with van der Waals surface area (Å²) in [5.74, 6) is 0.209. The summed E-state index contributed by atoms with van der Waals surface area (Å²) in [6.45, 7) is 4.56. The molecule has 2 atom stereocenters. The molecule has 0 aromatic rings. The lowest BCUT2D eigenvalue weighted by molar-refractivity contribution is -0.120. The van der Waals surface area contributed by atoms with E-state index in [9.17, 15) is 13.2 Å². The Hall–Kier alpha value is -0.100. The van der Waals surface area contributed by atoms with Crippen molar-refractivity contribution in [3.8, 4) is 0 Å². The number of rotatable bonds is 4. The molecule has 1 saturated heterocycles. The van der Waals surface area contributed by atoms with Gasteiger partial charge in [-0.25, -0.2) is 8.42 Å². The highest BCUT2D eigenvalue weighted by Gasteiger charge is 2.34. The predicted octanol–water partition coefficient (Wildman–Crippen LogP) is 1.49. The Bertz CT molecular complexity index is 367. The Labute approximate surface area is 112 Å². The van der Waals surface area contributed by atoms with E-state index in [2.05, 4.69) is 21.2 Å². The summed E-state index contributed by atoms with van der Waals surface area (Å²) in [5, 5.41) is 1.89. The number of carbonyl (C=O) groups is 1. The lowest BCUT2D eigenvalue weighted by atomic mass is 10.1. The zero-order chi connectivity index (χ0) is 13.1. The van der Waals surface area contributed by atoms with E-state index in [4.69, 9.17) is 0 Å². The van der Waals surface area contributed by atoms with Gasteiger partial charge < -0.3 is 5.32 Å². The van der Waals surface area contributed by atoms with Gasteiger partial charge in [0.15, 0.2) is 9.84 Å². The molecule has 0 aromatic heterocycles. The van der Waals surface area contributed by atoms with Crippen LogP contribution in [0.3, 0.4) is 0 Å². The van der Waals surface area contributed by atoms with Gasteiger partial charge in [-0.3, -0.25) is 4.79 Å². The molecular weight excluding hydrogens is 306 g/mol. The first-order valence-corrected chi connectivity index (χ1v) is 8.61. The molecule has 2 unspecified atom stereocenters. The van der Waals surface area contributed by atoms with Gasteiger partial charge in [0.05, 0.1) is 5.75 Å². The van der Waals surface area contributed by atoms with Crippen LogP contribution in [0.4, 0.5) is 0 Å². The minimum absolute atomic E-state index is 0.146. The van der Waals surface area contributed by atoms with E-state index in [0.717, 1.165) is 6.42 Å². The van der Waals surface area contributed by atoms with Gasteiger partial charge in [0.1, 0.15) is 5.25 Å². The maximum atomic E-state index is 11.8. The van der Waals surface area contributed by atoms with Crippen molar-refractivity contribution in [1.82, 2.24) is 5.32 Å². The molecule has 4 nitrogen and oxygen atoms in total. The van der Waals surface area contributed by atoms with Crippen molar-refractivity contribution < 1.29 is 13.2 Å². The summed E-state index contributed by atoms with van der Waals surface area (Å²) < 4.78 is 23.5. The largest absolute Gasteiger partial charge is 0.354 e. The second-order valence-electron chi connectivity index (χ2n) is 4.86. The molecule has 17 heavy (non-hydrogen) atoms. The van der Waals surface area contributed by atoms with Gasteiger partial charge in [0, 0.05) is 11.4 Å². The number of halogens is 1. The van der Waals surface area contributed by atoms with Gasteiger partial charge in [0.25, 0.3) is 0 Å². The number of carbonyl (C=O) groups excluding carboxylic acids is 1. The number of hydrogen-bond acceptors (Lipinski definition) is 3. The van der Waals surface area contributed by atoms with Crippen molar-refractivity contribution in [3.63, 3.8) is 0 Å². The summed E-state index contributed by atoms with van der Waals surface area (Å²) in [7, 11) is -3.22. The number of alkyl halides is 1. The molecular formula is C11H20BrNO3S. The van der Waals surface area contributed by atoms with Crippen molar-refractivity contribution in [3.05, 3.63) is 0 Å². The lowest BCUT2D eigenvalue weighted by Crippen LogP contribution is -2.44. The highest BCUT2D eigenvalue weighted by atomic mass is 79.9. The Balaban J connectivity index is 2.52. The molecule has 1 heterocycles. The summed E-state index contributed by atoms with van der Waals surface area (Å²) >= 11 is 3.46. The van der Waals surface area contributed by atoms with Gasteiger partial charge >= 0.3 is 0 Å². The van der Waals surface area contributed by atoms with Gasteiger partial charge in [0.2, 0.25) is 5.91 Å². The molecule has 1 rings (SSSR count). The fourth-order valence-corrected chi connectivity index (χ4v) is 3.78. The quantitative estimate of drug-likeness (QED) is 0.796. The third kappa shape index (κ3) is 4.25. The highest BCUT2D eigenvalue weighted by Crippen LogP contribution is 2.20. The molecule has 0 aliphatic carbocycles. The third-order valence-corrected chi connectivity index (χ3v) is 6.62. The Morgan fingerprint density at radius 3 is 2.59 bits per heavy atom. The van der Waals surface area contributed by atoms with Crippen LogP contribution in [-0.4, -0.2) is 36.7 Å². The second kappa shape index (κ2) is 6.18. The fourth-order valence-electron chi connectivity index (χ4n) is 1.80. The van der Waals surface area contributed by atoms with E-state index in [-0.39, 0.29) is 16.5 Å². The first-order valence-electron chi connectivity index (χ1n) is 5.98. The molecule has 6 heteroatoms. The normalized spacial score (nSPS) is 25.5. The molecule has 1 fully saturated rings. The maximum Gasteiger partial charge on any atom is 0.238 e. The van der Waals surface area contributed by atoms with Crippen LogP contribution in [0.25, 0.3) is 0 Å². The van der Waals surface area contributed by atoms with Crippen LogP contribution in [0.2, 0.25) is 0 Å². The van der Waals surface area contributed by atoms with Crippen LogP contribution in [-0.2, 0) is 14.6 Å². The number of sulfone groups is 1. The van der Waals surface area contributed by atoms with Gasteiger partial charge in [-0.15, -0.1) is 0 Å². The lowest BCUT2D eigenvalue weighted by Gasteiger charge is -2.22. The van der Waals surface area contributed by atoms with E-state index in [0.29, 0.717) is 25.3 Å². The fraction of sp³-hybridized carbons (Fsp3) is 0.909. The molecule has 0 bridgehead atoms. The van der Waals surface area contributed by atoms with E-state index in [1.165, 1.54) is 0 Å². The molecule has 0 saturated carbocycles. The molecule has 0 spiro atoms. The summed E-state index contributed by atoms with van der Waals surface area (Å²) in [4.78, 5) is 12.0. The molecule has 1 amide bonds. The second-order valence-corrected chi connectivity index (χ2v) is 8.34. The van der Waals surface area contributed by atoms with E-state index >= 15 is 0 Å². The monoisotopic (exact) mass is 325 g/mol. The third-order valence-electron chi connectivity index (χ3n) is 3.07. The van der Waals surface area contributed by atoms with Crippen LogP contribution in [0, 0.1) is 5.92 Å². The summed E-state index contributed by atoms with van der Waals surface area (Å²) in [6, 6.07) is 0. The van der Waals surface area contributed by atoms with Gasteiger partial charge in [-0.1, -0.05) is 36.2 Å². The van der Waals surface area contributed by atoms with Crippen LogP contribution in [0.1, 0.15) is 33.1 Å². The smallest absolute Gasteiger partial charge is 0.238 e. The van der Waals surface area contributed by atoms with E-state index in [1.807, 2.05) is 13.8 Å². The minimum Gasteiger partial charge on any atom is -0.354 e. The Kier molecular flexibility index (Phi) is 5.44. The first kappa shape index (κ1) is 15.0. The standard InChI is InChI=1S/C11H20BrNO3S/c1-8(2)9(12)7-13-11(14)10-5-3-4-6-17(10,15)16/h8-10H,3-7H2,1-2H3,(H,13,14). The summed E-state index contributed by atoms with van der Waals surface area (Å²) in [6.07, 6.45) is 1.96. The highest BCUT2D eigenvalue weighted by molar-refractivity contribution is 9.09. The van der Waals surface area contributed by atoms with E-state index < -0.39 is 15.1 Å². The van der Waals surface area contributed by atoms with Crippen molar-refractivity contribution in [2.45, 2.75) is 43.2 Å². The predicted molar refractivity (Wildman–Crippen MR) is 72.0 cm³/mol. The molecule has 100 valence electrons. The SMILES string of the molecule is CC(C)C(Br)CNC(=O)C1CCCCS1(=O)=O. The van der Waals surface area contributed by atoms with Gasteiger partial charge in [-0.2, -0.15) is 0 Å². The topological polar surface area (TPSA) is 63.2 Å². The van der Waals surface area contributed by atoms with Crippen molar-refractivity contribution >= 4 is 31.7 Å². The first-order chi connectivity index (χ1) is 7.84.